The topological polar surface area (TPSA) is 116 Å². The van der Waals surface area contributed by atoms with Crippen molar-refractivity contribution >= 4 is 35.0 Å². The fraction of sp³-hybridized carbons (Fsp3) is 0.500. The highest BCUT2D eigenvalue weighted by Gasteiger charge is 2.25. The smallest absolute Gasteiger partial charge is 0.318 e. The molecule has 114 valence electrons. The van der Waals surface area contributed by atoms with Gasteiger partial charge in [0.2, 0.25) is 0 Å². The summed E-state index contributed by atoms with van der Waals surface area (Å²) in [6, 6.07) is 0. The third-order valence-electron chi connectivity index (χ3n) is 2.21. The highest BCUT2D eigenvalue weighted by Crippen LogP contribution is 2.13. The van der Waals surface area contributed by atoms with Crippen LogP contribution in [-0.2, 0) is 28.9 Å². The summed E-state index contributed by atoms with van der Waals surface area (Å²) in [6.45, 7) is 3.58. The van der Waals surface area contributed by atoms with E-state index in [1.54, 1.807) is 0 Å². The lowest BCUT2D eigenvalue weighted by atomic mass is 9.94. The van der Waals surface area contributed by atoms with Gasteiger partial charge in [0.25, 0.3) is 0 Å². The Morgan fingerprint density at radius 3 is 1.52 bits per heavy atom. The van der Waals surface area contributed by atoms with Gasteiger partial charge in [-0.3, -0.25) is 0 Å². The lowest BCUT2D eigenvalue weighted by Gasteiger charge is -2.15. The fourth-order valence-electron chi connectivity index (χ4n) is 1.46. The molecule has 0 unspecified atom stereocenters. The van der Waals surface area contributed by atoms with E-state index in [0.717, 1.165) is 0 Å². The van der Waals surface area contributed by atoms with Crippen molar-refractivity contribution in [3.8, 4) is 0 Å². The average molecular weight is 297 g/mol. The van der Waals surface area contributed by atoms with Crippen LogP contribution in [-0.4, -0.2) is 35.0 Å². The van der Waals surface area contributed by atoms with Crippen LogP contribution in [0.2, 0.25) is 0 Å². The molecule has 1 fully saturated rings. The van der Waals surface area contributed by atoms with Crippen molar-refractivity contribution in [1.29, 1.82) is 0 Å². The second-order valence-corrected chi connectivity index (χ2v) is 4.12. The molecule has 0 N–H and O–H groups in total. The minimum atomic E-state index is -0.633. The average Bonchev–Trinajstić information content (AvgIpc) is 2.40. The third kappa shape index (κ3) is 5.93. The zero-order chi connectivity index (χ0) is 15.8. The lowest BCUT2D eigenvalue weighted by Crippen LogP contribution is -2.30. The molecule has 0 radical (unpaired) electrons. The van der Waals surface area contributed by atoms with Crippen molar-refractivity contribution in [1.82, 2.24) is 0 Å². The molecule has 9 heteroatoms. The first-order valence-electron chi connectivity index (χ1n) is 6.15. The molecule has 0 heterocycles. The van der Waals surface area contributed by atoms with Crippen LogP contribution in [0.5, 0.6) is 0 Å². The van der Waals surface area contributed by atoms with E-state index in [0.29, 0.717) is 19.3 Å². The summed E-state index contributed by atoms with van der Waals surface area (Å²) < 4.78 is 0. The predicted octanol–water partition coefficient (Wildman–Crippen LogP) is 0.928. The van der Waals surface area contributed by atoms with Crippen LogP contribution in [0.4, 0.5) is 0 Å². The number of hydrogen-bond acceptors (Lipinski definition) is 9. The highest BCUT2D eigenvalue weighted by atomic mass is 16.7. The van der Waals surface area contributed by atoms with E-state index in [-0.39, 0.29) is 17.1 Å². The Hall–Kier alpha value is -2.58. The Bertz CT molecular complexity index is 499. The number of carbonyl (C=O) groups excluding carboxylic acids is 3. The van der Waals surface area contributed by atoms with Crippen LogP contribution in [0.3, 0.4) is 0 Å². The zero-order valence-corrected chi connectivity index (χ0v) is 11.9. The van der Waals surface area contributed by atoms with Crippen molar-refractivity contribution < 1.29 is 28.9 Å². The van der Waals surface area contributed by atoms with Crippen LogP contribution >= 0.6 is 0 Å². The minimum absolute atomic E-state index is 0.110. The molecule has 0 aromatic rings. The lowest BCUT2D eigenvalue weighted by molar-refractivity contribution is -0.142. The summed E-state index contributed by atoms with van der Waals surface area (Å²) in [5, 5.41) is 10.9. The van der Waals surface area contributed by atoms with Gasteiger partial charge in [0.15, 0.2) is 5.71 Å². The molecule has 0 aromatic heterocycles. The molecule has 0 bridgehead atoms. The molecule has 1 rings (SSSR count). The van der Waals surface area contributed by atoms with Crippen LogP contribution in [0.15, 0.2) is 15.5 Å². The number of nitrogens with zero attached hydrogens (tertiary/aromatic N) is 3. The van der Waals surface area contributed by atoms with Crippen LogP contribution in [0.1, 0.15) is 40.0 Å². The molecule has 21 heavy (non-hydrogen) atoms. The molecule has 1 aliphatic carbocycles. The Morgan fingerprint density at radius 2 is 1.14 bits per heavy atom. The molecule has 0 amide bonds. The molecule has 0 saturated heterocycles. The molecule has 1 saturated carbocycles. The monoisotopic (exact) mass is 297 g/mol. The third-order valence-corrected chi connectivity index (χ3v) is 2.21. The summed E-state index contributed by atoms with van der Waals surface area (Å²) in [5.74, 6) is -1.83. The number of oxime groups is 3. The molecule has 9 nitrogen and oxygen atoms in total. The maximum Gasteiger partial charge on any atom is 0.332 e. The van der Waals surface area contributed by atoms with Gasteiger partial charge >= 0.3 is 17.9 Å². The Labute approximate surface area is 120 Å². The quantitative estimate of drug-likeness (QED) is 0.565. The van der Waals surface area contributed by atoms with E-state index >= 15 is 0 Å². The van der Waals surface area contributed by atoms with E-state index in [4.69, 9.17) is 0 Å². The van der Waals surface area contributed by atoms with Crippen molar-refractivity contribution in [3.05, 3.63) is 0 Å². The zero-order valence-electron chi connectivity index (χ0n) is 11.9. The number of carbonyl (C=O) groups is 3. The molecule has 0 spiro atoms. The van der Waals surface area contributed by atoms with Gasteiger partial charge in [-0.05, 0) is 19.3 Å². The van der Waals surface area contributed by atoms with Crippen molar-refractivity contribution in [2.75, 3.05) is 0 Å². The number of rotatable bonds is 3. The van der Waals surface area contributed by atoms with E-state index in [1.807, 2.05) is 0 Å². The van der Waals surface area contributed by atoms with Crippen LogP contribution in [0, 0.1) is 0 Å². The van der Waals surface area contributed by atoms with Gasteiger partial charge in [-0.15, -0.1) is 0 Å². The number of hydrogen-bond donors (Lipinski definition) is 0. The van der Waals surface area contributed by atoms with Gasteiger partial charge in [-0.25, -0.2) is 14.4 Å². The second-order valence-electron chi connectivity index (χ2n) is 4.12. The van der Waals surface area contributed by atoms with Gasteiger partial charge in [-0.1, -0.05) is 15.5 Å². The van der Waals surface area contributed by atoms with Gasteiger partial charge in [0.1, 0.15) is 11.4 Å². The Balaban J connectivity index is 3.06. The van der Waals surface area contributed by atoms with E-state index in [2.05, 4.69) is 30.0 Å². The standard InChI is InChI=1S/C12H15N3O6/c1-7(16)19-13-10-5-4-6-11(14-20-8(2)17)12(10)15-21-9(3)18/h4-6H2,1-3H3/b13-10-,14-11+,15-12-. The van der Waals surface area contributed by atoms with E-state index in [1.165, 1.54) is 20.8 Å². The molecule has 0 aliphatic heterocycles. The van der Waals surface area contributed by atoms with Crippen molar-refractivity contribution in [3.63, 3.8) is 0 Å². The molecule has 0 atom stereocenters. The summed E-state index contributed by atoms with van der Waals surface area (Å²) in [5.41, 5.74) is 0.672. The Morgan fingerprint density at radius 1 is 0.762 bits per heavy atom. The molecule has 1 aliphatic rings. The SMILES string of the molecule is CC(=O)O/N=C1/CCCC(=N\OC(C)=O)/C1=N\OC(C)=O. The fourth-order valence-corrected chi connectivity index (χ4v) is 1.46. The van der Waals surface area contributed by atoms with Gasteiger partial charge in [0.05, 0.1) is 0 Å². The van der Waals surface area contributed by atoms with Gasteiger partial charge in [-0.2, -0.15) is 0 Å². The predicted molar refractivity (Wildman–Crippen MR) is 71.5 cm³/mol. The highest BCUT2D eigenvalue weighted by molar-refractivity contribution is 6.69. The van der Waals surface area contributed by atoms with Gasteiger partial charge in [0, 0.05) is 20.8 Å². The maximum absolute atomic E-state index is 10.9. The second kappa shape index (κ2) is 7.88. The van der Waals surface area contributed by atoms with E-state index < -0.39 is 17.9 Å². The Kier molecular flexibility index (Phi) is 6.18. The summed E-state index contributed by atoms with van der Waals surface area (Å²) >= 11 is 0. The first-order valence-corrected chi connectivity index (χ1v) is 6.15. The summed E-state index contributed by atoms with van der Waals surface area (Å²) in [7, 11) is 0. The van der Waals surface area contributed by atoms with E-state index in [9.17, 15) is 14.4 Å². The van der Waals surface area contributed by atoms with Gasteiger partial charge < -0.3 is 14.5 Å². The first-order chi connectivity index (χ1) is 9.90. The summed E-state index contributed by atoms with van der Waals surface area (Å²) in [4.78, 5) is 46.1. The summed E-state index contributed by atoms with van der Waals surface area (Å²) in [6.07, 6.45) is 1.54. The normalized spacial score (nSPS) is 20.4. The molecular formula is C12H15N3O6. The van der Waals surface area contributed by atoms with Crippen LogP contribution in [0.25, 0.3) is 0 Å². The minimum Gasteiger partial charge on any atom is -0.318 e. The molecule has 0 aromatic carbocycles. The largest absolute Gasteiger partial charge is 0.332 e. The van der Waals surface area contributed by atoms with Crippen molar-refractivity contribution in [2.45, 2.75) is 40.0 Å². The van der Waals surface area contributed by atoms with Crippen LogP contribution < -0.4 is 0 Å². The molecular weight excluding hydrogens is 282 g/mol. The maximum atomic E-state index is 10.9. The van der Waals surface area contributed by atoms with Crippen molar-refractivity contribution in [2.24, 2.45) is 15.5 Å². The first kappa shape index (κ1) is 16.5.